The number of aromatic carboxylic acids is 1. The lowest BCUT2D eigenvalue weighted by atomic mass is 10.0. The maximum Gasteiger partial charge on any atom is 0.353 e. The van der Waals surface area contributed by atoms with Crippen LogP contribution in [0.5, 0.6) is 0 Å². The van der Waals surface area contributed by atoms with Crippen molar-refractivity contribution in [1.29, 1.82) is 0 Å². The Morgan fingerprint density at radius 3 is 3.07 bits per heavy atom. The van der Waals surface area contributed by atoms with Gasteiger partial charge in [0.05, 0.1) is 6.20 Å². The standard InChI is InChI=1S/C9H12N2O3/c1-9(3-2-4-14-9)8-10-5-6(11-8)7(12)13/h5H,2-4H2,1H3,(H,10,11)(H,12,13). The number of aromatic nitrogens is 2. The number of aromatic amines is 1. The van der Waals surface area contributed by atoms with Crippen LogP contribution in [0, 0.1) is 0 Å². The van der Waals surface area contributed by atoms with Gasteiger partial charge in [0.25, 0.3) is 0 Å². The van der Waals surface area contributed by atoms with Crippen molar-refractivity contribution >= 4 is 5.97 Å². The third kappa shape index (κ3) is 1.39. The van der Waals surface area contributed by atoms with Crippen LogP contribution in [0.3, 0.4) is 0 Å². The van der Waals surface area contributed by atoms with Crippen molar-refractivity contribution in [2.45, 2.75) is 25.4 Å². The highest BCUT2D eigenvalue weighted by molar-refractivity contribution is 5.85. The lowest BCUT2D eigenvalue weighted by Gasteiger charge is -2.19. The molecule has 1 saturated heterocycles. The average Bonchev–Trinajstić information content (AvgIpc) is 2.71. The Morgan fingerprint density at radius 2 is 2.57 bits per heavy atom. The molecule has 14 heavy (non-hydrogen) atoms. The highest BCUT2D eigenvalue weighted by Gasteiger charge is 2.34. The van der Waals surface area contributed by atoms with Crippen molar-refractivity contribution in [3.8, 4) is 0 Å². The van der Waals surface area contributed by atoms with E-state index in [-0.39, 0.29) is 5.69 Å². The summed E-state index contributed by atoms with van der Waals surface area (Å²) in [6.45, 7) is 2.63. The second-order valence-corrected chi connectivity index (χ2v) is 3.63. The van der Waals surface area contributed by atoms with Gasteiger partial charge in [-0.1, -0.05) is 0 Å². The fraction of sp³-hybridized carbons (Fsp3) is 0.556. The first-order chi connectivity index (χ1) is 6.62. The molecule has 2 heterocycles. The summed E-state index contributed by atoms with van der Waals surface area (Å²) in [4.78, 5) is 17.4. The number of rotatable bonds is 2. The van der Waals surface area contributed by atoms with E-state index in [2.05, 4.69) is 9.97 Å². The van der Waals surface area contributed by atoms with Gasteiger partial charge in [-0.25, -0.2) is 9.78 Å². The summed E-state index contributed by atoms with van der Waals surface area (Å²) in [6, 6.07) is 0. The third-order valence-corrected chi connectivity index (χ3v) is 2.53. The fourth-order valence-electron chi connectivity index (χ4n) is 1.66. The minimum Gasteiger partial charge on any atom is -0.477 e. The molecule has 1 atom stereocenters. The molecule has 0 radical (unpaired) electrons. The maximum atomic E-state index is 10.6. The van der Waals surface area contributed by atoms with E-state index in [0.717, 1.165) is 12.8 Å². The Labute approximate surface area is 81.1 Å². The van der Waals surface area contributed by atoms with E-state index >= 15 is 0 Å². The van der Waals surface area contributed by atoms with Gasteiger partial charge >= 0.3 is 5.97 Å². The molecule has 2 rings (SSSR count). The molecule has 5 heteroatoms. The van der Waals surface area contributed by atoms with Crippen molar-refractivity contribution in [3.63, 3.8) is 0 Å². The number of H-pyrrole nitrogens is 1. The van der Waals surface area contributed by atoms with E-state index in [4.69, 9.17) is 9.84 Å². The van der Waals surface area contributed by atoms with Crippen LogP contribution < -0.4 is 0 Å². The van der Waals surface area contributed by atoms with Gasteiger partial charge in [0.2, 0.25) is 0 Å². The van der Waals surface area contributed by atoms with Crippen LogP contribution in [-0.4, -0.2) is 27.7 Å². The zero-order valence-electron chi connectivity index (χ0n) is 7.91. The first-order valence-corrected chi connectivity index (χ1v) is 4.54. The predicted octanol–water partition coefficient (Wildman–Crippen LogP) is 1.13. The van der Waals surface area contributed by atoms with Crippen LogP contribution >= 0.6 is 0 Å². The van der Waals surface area contributed by atoms with E-state index in [1.807, 2.05) is 6.92 Å². The first kappa shape index (κ1) is 9.21. The highest BCUT2D eigenvalue weighted by atomic mass is 16.5. The van der Waals surface area contributed by atoms with Crippen LogP contribution in [0.2, 0.25) is 0 Å². The van der Waals surface area contributed by atoms with Crippen molar-refractivity contribution < 1.29 is 14.6 Å². The lowest BCUT2D eigenvalue weighted by molar-refractivity contribution is 0.00993. The van der Waals surface area contributed by atoms with Gasteiger partial charge in [0.1, 0.15) is 17.1 Å². The summed E-state index contributed by atoms with van der Waals surface area (Å²) in [7, 11) is 0. The quantitative estimate of drug-likeness (QED) is 0.743. The van der Waals surface area contributed by atoms with Gasteiger partial charge in [-0.2, -0.15) is 0 Å². The average molecular weight is 196 g/mol. The summed E-state index contributed by atoms with van der Waals surface area (Å²) < 4.78 is 5.53. The number of hydrogen-bond donors (Lipinski definition) is 2. The Morgan fingerprint density at radius 1 is 1.79 bits per heavy atom. The van der Waals surface area contributed by atoms with E-state index in [1.54, 1.807) is 0 Å². The molecule has 1 aromatic heterocycles. The predicted molar refractivity (Wildman–Crippen MR) is 48.1 cm³/mol. The molecule has 1 aliphatic rings. The second kappa shape index (κ2) is 3.09. The van der Waals surface area contributed by atoms with Gasteiger partial charge in [-0.05, 0) is 19.8 Å². The van der Waals surface area contributed by atoms with Gasteiger partial charge < -0.3 is 14.8 Å². The molecule has 0 aliphatic carbocycles. The Kier molecular flexibility index (Phi) is 2.03. The van der Waals surface area contributed by atoms with Crippen LogP contribution in [0.25, 0.3) is 0 Å². The number of hydrogen-bond acceptors (Lipinski definition) is 3. The molecule has 2 N–H and O–H groups in total. The monoisotopic (exact) mass is 196 g/mol. The number of nitrogens with zero attached hydrogens (tertiary/aromatic N) is 1. The Balaban J connectivity index is 2.28. The number of imidazole rings is 1. The molecule has 0 aromatic carbocycles. The van der Waals surface area contributed by atoms with Gasteiger partial charge in [-0.15, -0.1) is 0 Å². The summed E-state index contributed by atoms with van der Waals surface area (Å²) in [5.74, 6) is -0.391. The van der Waals surface area contributed by atoms with Crippen LogP contribution in [-0.2, 0) is 10.3 Å². The number of ether oxygens (including phenoxy) is 1. The summed E-state index contributed by atoms with van der Waals surface area (Å²) in [5.41, 5.74) is -0.329. The molecular weight excluding hydrogens is 184 g/mol. The smallest absolute Gasteiger partial charge is 0.353 e. The Bertz CT molecular complexity index is 353. The molecule has 0 saturated carbocycles. The first-order valence-electron chi connectivity index (χ1n) is 4.54. The van der Waals surface area contributed by atoms with Gasteiger partial charge in [0.15, 0.2) is 0 Å². The molecular formula is C9H12N2O3. The van der Waals surface area contributed by atoms with Crippen molar-refractivity contribution in [2.24, 2.45) is 0 Å². The van der Waals surface area contributed by atoms with Gasteiger partial charge in [0, 0.05) is 6.61 Å². The van der Waals surface area contributed by atoms with E-state index in [9.17, 15) is 4.79 Å². The lowest BCUT2D eigenvalue weighted by Crippen LogP contribution is -2.21. The number of carbonyl (C=O) groups is 1. The summed E-state index contributed by atoms with van der Waals surface area (Å²) in [5, 5.41) is 8.71. The Hall–Kier alpha value is -1.36. The topological polar surface area (TPSA) is 75.2 Å². The van der Waals surface area contributed by atoms with Crippen LogP contribution in [0.1, 0.15) is 36.1 Å². The van der Waals surface area contributed by atoms with Gasteiger partial charge in [-0.3, -0.25) is 0 Å². The summed E-state index contributed by atoms with van der Waals surface area (Å²) in [6.07, 6.45) is 3.18. The van der Waals surface area contributed by atoms with Crippen molar-refractivity contribution in [1.82, 2.24) is 9.97 Å². The number of carboxylic acid groups (broad SMARTS) is 1. The van der Waals surface area contributed by atoms with Crippen LogP contribution in [0.15, 0.2) is 6.20 Å². The highest BCUT2D eigenvalue weighted by Crippen LogP contribution is 2.33. The van der Waals surface area contributed by atoms with E-state index in [0.29, 0.717) is 12.4 Å². The zero-order chi connectivity index (χ0) is 10.2. The molecule has 1 aromatic rings. The maximum absolute atomic E-state index is 10.6. The minimum atomic E-state index is -0.995. The van der Waals surface area contributed by atoms with Crippen LogP contribution in [0.4, 0.5) is 0 Å². The molecule has 0 amide bonds. The van der Waals surface area contributed by atoms with Crippen molar-refractivity contribution in [3.05, 3.63) is 17.7 Å². The molecule has 5 nitrogen and oxygen atoms in total. The zero-order valence-corrected chi connectivity index (χ0v) is 7.91. The number of carboxylic acids is 1. The molecule has 1 fully saturated rings. The minimum absolute atomic E-state index is 0.108. The largest absolute Gasteiger partial charge is 0.477 e. The number of nitrogens with one attached hydrogen (secondary N) is 1. The fourth-order valence-corrected chi connectivity index (χ4v) is 1.66. The molecule has 1 aliphatic heterocycles. The van der Waals surface area contributed by atoms with Crippen molar-refractivity contribution in [2.75, 3.05) is 6.61 Å². The molecule has 0 bridgehead atoms. The molecule has 76 valence electrons. The normalized spacial score (nSPS) is 26.6. The van der Waals surface area contributed by atoms with E-state index in [1.165, 1.54) is 6.20 Å². The molecule has 1 unspecified atom stereocenters. The third-order valence-electron chi connectivity index (χ3n) is 2.53. The SMILES string of the molecule is CC1(c2ncc(C(=O)O)[nH]2)CCCO1. The molecule has 0 spiro atoms. The second-order valence-electron chi connectivity index (χ2n) is 3.63. The summed E-state index contributed by atoms with van der Waals surface area (Å²) >= 11 is 0. The van der Waals surface area contributed by atoms with E-state index < -0.39 is 11.6 Å².